The number of methoxy groups -OCH3 is 1. The molecule has 0 unspecified atom stereocenters. The molecule has 6 heteroatoms. The molecule has 3 aromatic rings. The fraction of sp³-hybridized carbons (Fsp3) is 0.0625. The molecule has 3 rings (SSSR count). The van der Waals surface area contributed by atoms with E-state index >= 15 is 0 Å². The van der Waals surface area contributed by atoms with Crippen molar-refractivity contribution in [3.8, 4) is 0 Å². The zero-order valence-corrected chi connectivity index (χ0v) is 13.9. The molecule has 0 atom stereocenters. The van der Waals surface area contributed by atoms with Gasteiger partial charge in [-0.25, -0.2) is 4.79 Å². The van der Waals surface area contributed by atoms with Crippen LogP contribution in [0.5, 0.6) is 0 Å². The minimum absolute atomic E-state index is 0.401. The number of halogens is 2. The lowest BCUT2D eigenvalue weighted by Gasteiger charge is -2.04. The van der Waals surface area contributed by atoms with E-state index in [1.54, 1.807) is 23.9 Å². The molecule has 0 aliphatic rings. The first kappa shape index (κ1) is 15.3. The standard InChI is InChI=1S/C16H11Cl2NO2S/c1-21-16(20)14-8-12-13(19-14)6-10(18)7-15(12)22-11-4-2-9(17)3-5-11/h2-8,19H,1H3. The summed E-state index contributed by atoms with van der Waals surface area (Å²) in [5, 5.41) is 2.21. The number of aromatic amines is 1. The minimum Gasteiger partial charge on any atom is -0.464 e. The highest BCUT2D eigenvalue weighted by atomic mass is 35.5. The maximum atomic E-state index is 11.7. The SMILES string of the molecule is COC(=O)c1cc2c(Sc3ccc(Cl)cc3)cc(Cl)cc2[nH]1. The third kappa shape index (κ3) is 3.09. The second-order valence-electron chi connectivity index (χ2n) is 4.60. The Morgan fingerprint density at radius 1 is 1.09 bits per heavy atom. The van der Waals surface area contributed by atoms with E-state index in [1.165, 1.54) is 7.11 Å². The molecule has 1 heterocycles. The summed E-state index contributed by atoms with van der Waals surface area (Å²) in [7, 11) is 1.35. The molecule has 22 heavy (non-hydrogen) atoms. The summed E-state index contributed by atoms with van der Waals surface area (Å²) in [6, 6.07) is 13.0. The van der Waals surface area contributed by atoms with Crippen molar-refractivity contribution in [2.24, 2.45) is 0 Å². The highest BCUT2D eigenvalue weighted by molar-refractivity contribution is 7.99. The van der Waals surface area contributed by atoms with Gasteiger partial charge in [0.2, 0.25) is 0 Å². The molecule has 0 aliphatic carbocycles. The third-order valence-electron chi connectivity index (χ3n) is 3.11. The number of fused-ring (bicyclic) bond motifs is 1. The number of hydrogen-bond donors (Lipinski definition) is 1. The van der Waals surface area contributed by atoms with E-state index in [0.29, 0.717) is 15.7 Å². The fourth-order valence-electron chi connectivity index (χ4n) is 2.10. The van der Waals surface area contributed by atoms with Crippen LogP contribution in [0.3, 0.4) is 0 Å². The monoisotopic (exact) mass is 351 g/mol. The van der Waals surface area contributed by atoms with Crippen molar-refractivity contribution in [3.63, 3.8) is 0 Å². The first-order valence-corrected chi connectivity index (χ1v) is 7.98. The van der Waals surface area contributed by atoms with Gasteiger partial charge in [-0.05, 0) is 42.5 Å². The number of aromatic nitrogens is 1. The Kier molecular flexibility index (Phi) is 4.34. The molecule has 112 valence electrons. The van der Waals surface area contributed by atoms with Crippen LogP contribution < -0.4 is 0 Å². The Morgan fingerprint density at radius 3 is 2.50 bits per heavy atom. The van der Waals surface area contributed by atoms with Gasteiger partial charge >= 0.3 is 5.97 Å². The summed E-state index contributed by atoms with van der Waals surface area (Å²) in [6.45, 7) is 0. The van der Waals surface area contributed by atoms with Crippen molar-refractivity contribution in [1.29, 1.82) is 0 Å². The van der Waals surface area contributed by atoms with Crippen molar-refractivity contribution in [2.45, 2.75) is 9.79 Å². The number of H-pyrrole nitrogens is 1. The molecular weight excluding hydrogens is 341 g/mol. The van der Waals surface area contributed by atoms with E-state index in [1.807, 2.05) is 30.3 Å². The molecule has 0 saturated carbocycles. The Bertz CT molecular complexity index is 843. The van der Waals surface area contributed by atoms with Gasteiger partial charge < -0.3 is 9.72 Å². The predicted octanol–water partition coefficient (Wildman–Crippen LogP) is 5.41. The van der Waals surface area contributed by atoms with Crippen LogP contribution in [-0.4, -0.2) is 18.1 Å². The lowest BCUT2D eigenvalue weighted by atomic mass is 10.2. The average molecular weight is 352 g/mol. The van der Waals surface area contributed by atoms with Crippen LogP contribution in [0.1, 0.15) is 10.5 Å². The van der Waals surface area contributed by atoms with Crippen LogP contribution in [0.25, 0.3) is 10.9 Å². The zero-order valence-electron chi connectivity index (χ0n) is 11.5. The van der Waals surface area contributed by atoms with Crippen LogP contribution in [-0.2, 0) is 4.74 Å². The summed E-state index contributed by atoms with van der Waals surface area (Å²) in [6.07, 6.45) is 0. The van der Waals surface area contributed by atoms with E-state index in [-0.39, 0.29) is 0 Å². The second kappa shape index (κ2) is 6.24. The normalized spacial score (nSPS) is 10.9. The predicted molar refractivity (Wildman–Crippen MR) is 90.2 cm³/mol. The molecule has 0 bridgehead atoms. The van der Waals surface area contributed by atoms with Crippen LogP contribution in [0.4, 0.5) is 0 Å². The van der Waals surface area contributed by atoms with Crippen molar-refractivity contribution in [2.75, 3.05) is 7.11 Å². The Morgan fingerprint density at radius 2 is 1.82 bits per heavy atom. The topological polar surface area (TPSA) is 42.1 Å². The fourth-order valence-corrected chi connectivity index (χ4v) is 3.50. The number of hydrogen-bond acceptors (Lipinski definition) is 3. The van der Waals surface area contributed by atoms with Crippen molar-refractivity contribution < 1.29 is 9.53 Å². The number of rotatable bonds is 3. The van der Waals surface area contributed by atoms with Gasteiger partial charge in [0.1, 0.15) is 5.69 Å². The lowest BCUT2D eigenvalue weighted by Crippen LogP contribution is -2.00. The molecule has 0 spiro atoms. The molecule has 2 aromatic carbocycles. The Hall–Kier alpha value is -1.62. The number of ether oxygens (including phenoxy) is 1. The number of esters is 1. The quantitative estimate of drug-likeness (QED) is 0.641. The van der Waals surface area contributed by atoms with Crippen LogP contribution in [0.2, 0.25) is 10.0 Å². The molecule has 0 amide bonds. The molecule has 0 aliphatic heterocycles. The maximum absolute atomic E-state index is 11.7. The van der Waals surface area contributed by atoms with E-state index in [4.69, 9.17) is 27.9 Å². The Balaban J connectivity index is 2.05. The highest BCUT2D eigenvalue weighted by Gasteiger charge is 2.13. The first-order chi connectivity index (χ1) is 10.6. The Labute approximate surface area is 141 Å². The van der Waals surface area contributed by atoms with Gasteiger partial charge in [0.15, 0.2) is 0 Å². The smallest absolute Gasteiger partial charge is 0.354 e. The minimum atomic E-state index is -0.408. The van der Waals surface area contributed by atoms with Gasteiger partial charge in [0, 0.05) is 30.7 Å². The number of carbonyl (C=O) groups excluding carboxylic acids is 1. The second-order valence-corrected chi connectivity index (χ2v) is 6.58. The van der Waals surface area contributed by atoms with Gasteiger partial charge in [-0.2, -0.15) is 0 Å². The summed E-state index contributed by atoms with van der Waals surface area (Å²) >= 11 is 13.6. The largest absolute Gasteiger partial charge is 0.464 e. The van der Waals surface area contributed by atoms with Crippen LogP contribution in [0, 0.1) is 0 Å². The van der Waals surface area contributed by atoms with Gasteiger partial charge in [0.25, 0.3) is 0 Å². The van der Waals surface area contributed by atoms with E-state index < -0.39 is 5.97 Å². The molecular formula is C16H11Cl2NO2S. The molecule has 3 nitrogen and oxygen atoms in total. The number of carbonyl (C=O) groups is 1. The third-order valence-corrected chi connectivity index (χ3v) is 4.65. The number of benzene rings is 2. The van der Waals surface area contributed by atoms with E-state index in [0.717, 1.165) is 20.7 Å². The molecule has 0 saturated heterocycles. The van der Waals surface area contributed by atoms with Crippen molar-refractivity contribution >= 4 is 51.8 Å². The summed E-state index contributed by atoms with van der Waals surface area (Å²) in [5.74, 6) is -0.408. The summed E-state index contributed by atoms with van der Waals surface area (Å²) in [4.78, 5) is 16.7. The summed E-state index contributed by atoms with van der Waals surface area (Å²) in [5.41, 5.74) is 1.20. The highest BCUT2D eigenvalue weighted by Crippen LogP contribution is 2.36. The first-order valence-electron chi connectivity index (χ1n) is 6.41. The van der Waals surface area contributed by atoms with E-state index in [2.05, 4.69) is 4.98 Å². The summed E-state index contributed by atoms with van der Waals surface area (Å²) < 4.78 is 4.74. The maximum Gasteiger partial charge on any atom is 0.354 e. The van der Waals surface area contributed by atoms with Crippen LogP contribution >= 0.6 is 35.0 Å². The number of nitrogens with one attached hydrogen (secondary N) is 1. The van der Waals surface area contributed by atoms with Crippen molar-refractivity contribution in [3.05, 3.63) is 58.2 Å². The van der Waals surface area contributed by atoms with Gasteiger partial charge in [-0.3, -0.25) is 0 Å². The molecule has 1 N–H and O–H groups in total. The zero-order chi connectivity index (χ0) is 15.7. The molecule has 0 radical (unpaired) electrons. The van der Waals surface area contributed by atoms with E-state index in [9.17, 15) is 4.79 Å². The average Bonchev–Trinajstić information content (AvgIpc) is 2.92. The lowest BCUT2D eigenvalue weighted by molar-refractivity contribution is 0.0595. The molecule has 1 aromatic heterocycles. The van der Waals surface area contributed by atoms with Gasteiger partial charge in [-0.15, -0.1) is 0 Å². The van der Waals surface area contributed by atoms with Gasteiger partial charge in [0.05, 0.1) is 7.11 Å². The molecule has 0 fully saturated rings. The van der Waals surface area contributed by atoms with Crippen LogP contribution in [0.15, 0.2) is 52.3 Å². The van der Waals surface area contributed by atoms with Gasteiger partial charge in [-0.1, -0.05) is 35.0 Å². The van der Waals surface area contributed by atoms with Crippen molar-refractivity contribution in [1.82, 2.24) is 4.98 Å².